The first kappa shape index (κ1) is 12.9. The minimum absolute atomic E-state index is 0.0521. The predicted octanol–water partition coefficient (Wildman–Crippen LogP) is 0.963. The summed E-state index contributed by atoms with van der Waals surface area (Å²) >= 11 is 0. The highest BCUT2D eigenvalue weighted by Gasteiger charge is 2.31. The number of sulfonamides is 1. The fraction of sp³-hybridized carbons (Fsp3) is 1.00. The van der Waals surface area contributed by atoms with E-state index in [0.29, 0.717) is 6.42 Å². The minimum Gasteiger partial charge on any atom is -0.390 e. The number of hydrogen-bond donors (Lipinski definition) is 1. The fourth-order valence-electron chi connectivity index (χ4n) is 1.96. The monoisotopic (exact) mass is 235 g/mol. The lowest BCUT2D eigenvalue weighted by atomic mass is 9.83. The molecule has 1 aliphatic carbocycles. The molecule has 0 amide bonds. The molecule has 0 aromatic carbocycles. The van der Waals surface area contributed by atoms with Crippen molar-refractivity contribution in [1.29, 1.82) is 0 Å². The van der Waals surface area contributed by atoms with Gasteiger partial charge in [0.1, 0.15) is 0 Å². The Morgan fingerprint density at radius 3 is 2.20 bits per heavy atom. The van der Waals surface area contributed by atoms with Gasteiger partial charge in [0.05, 0.1) is 11.4 Å². The Morgan fingerprint density at radius 1 is 1.20 bits per heavy atom. The van der Waals surface area contributed by atoms with Gasteiger partial charge in [0.25, 0.3) is 0 Å². The van der Waals surface area contributed by atoms with Crippen LogP contribution in [-0.2, 0) is 10.0 Å². The molecule has 5 heteroatoms. The van der Waals surface area contributed by atoms with Gasteiger partial charge in [0, 0.05) is 14.1 Å². The van der Waals surface area contributed by atoms with Crippen LogP contribution in [0.2, 0.25) is 0 Å². The topological polar surface area (TPSA) is 57.6 Å². The molecule has 0 aromatic heterocycles. The summed E-state index contributed by atoms with van der Waals surface area (Å²) in [6, 6.07) is 0. The van der Waals surface area contributed by atoms with Crippen molar-refractivity contribution in [2.24, 2.45) is 0 Å². The Hall–Kier alpha value is -0.130. The standard InChI is InChI=1S/C10H21NO3S/c1-11(2)15(13,14)9-8-10(12)6-4-3-5-7-10/h12H,3-9H2,1-2H3. The highest BCUT2D eigenvalue weighted by Crippen LogP contribution is 2.31. The molecule has 0 aromatic rings. The van der Waals surface area contributed by atoms with E-state index in [-0.39, 0.29) is 5.75 Å². The van der Waals surface area contributed by atoms with Crippen LogP contribution in [0.3, 0.4) is 0 Å². The summed E-state index contributed by atoms with van der Waals surface area (Å²) in [6.07, 6.45) is 5.04. The average Bonchev–Trinajstić information content (AvgIpc) is 2.16. The minimum atomic E-state index is -3.16. The van der Waals surface area contributed by atoms with Crippen molar-refractivity contribution in [3.63, 3.8) is 0 Å². The molecule has 4 nitrogen and oxygen atoms in total. The van der Waals surface area contributed by atoms with Crippen LogP contribution in [0.1, 0.15) is 38.5 Å². The van der Waals surface area contributed by atoms with Crippen molar-refractivity contribution in [3.05, 3.63) is 0 Å². The lowest BCUT2D eigenvalue weighted by molar-refractivity contribution is 0.00122. The molecule has 1 aliphatic rings. The molecule has 0 saturated heterocycles. The van der Waals surface area contributed by atoms with Gasteiger partial charge in [-0.2, -0.15) is 0 Å². The lowest BCUT2D eigenvalue weighted by Crippen LogP contribution is -2.36. The molecule has 15 heavy (non-hydrogen) atoms. The largest absolute Gasteiger partial charge is 0.390 e. The first-order valence-electron chi connectivity index (χ1n) is 5.48. The van der Waals surface area contributed by atoms with Crippen LogP contribution in [0.25, 0.3) is 0 Å². The molecular formula is C10H21NO3S. The van der Waals surface area contributed by atoms with Crippen molar-refractivity contribution in [2.75, 3.05) is 19.8 Å². The van der Waals surface area contributed by atoms with Gasteiger partial charge in [-0.1, -0.05) is 19.3 Å². The molecule has 0 heterocycles. The highest BCUT2D eigenvalue weighted by molar-refractivity contribution is 7.89. The zero-order valence-electron chi connectivity index (χ0n) is 9.57. The van der Waals surface area contributed by atoms with Gasteiger partial charge in [0.2, 0.25) is 10.0 Å². The summed E-state index contributed by atoms with van der Waals surface area (Å²) in [4.78, 5) is 0. The average molecular weight is 235 g/mol. The zero-order valence-corrected chi connectivity index (χ0v) is 10.4. The van der Waals surface area contributed by atoms with Crippen molar-refractivity contribution < 1.29 is 13.5 Å². The Kier molecular flexibility index (Phi) is 4.14. The number of aliphatic hydroxyl groups is 1. The first-order chi connectivity index (χ1) is 6.86. The summed E-state index contributed by atoms with van der Waals surface area (Å²) in [5, 5.41) is 10.1. The van der Waals surface area contributed by atoms with Crippen LogP contribution in [0, 0.1) is 0 Å². The number of rotatable bonds is 4. The summed E-state index contributed by atoms with van der Waals surface area (Å²) in [7, 11) is -0.106. The molecule has 0 unspecified atom stereocenters. The maximum atomic E-state index is 11.5. The second kappa shape index (κ2) is 4.80. The molecule has 1 rings (SSSR count). The van der Waals surface area contributed by atoms with Crippen LogP contribution >= 0.6 is 0 Å². The van der Waals surface area contributed by atoms with Gasteiger partial charge in [0.15, 0.2) is 0 Å². The van der Waals surface area contributed by atoms with Crippen molar-refractivity contribution >= 4 is 10.0 Å². The van der Waals surface area contributed by atoms with E-state index >= 15 is 0 Å². The summed E-state index contributed by atoms with van der Waals surface area (Å²) in [5.74, 6) is 0.0521. The Morgan fingerprint density at radius 2 is 1.73 bits per heavy atom. The summed E-state index contributed by atoms with van der Waals surface area (Å²) < 4.78 is 24.3. The highest BCUT2D eigenvalue weighted by atomic mass is 32.2. The lowest BCUT2D eigenvalue weighted by Gasteiger charge is -2.32. The molecule has 90 valence electrons. The number of hydrogen-bond acceptors (Lipinski definition) is 3. The van der Waals surface area contributed by atoms with Crippen LogP contribution in [-0.4, -0.2) is 43.3 Å². The third-order valence-corrected chi connectivity index (χ3v) is 5.00. The van der Waals surface area contributed by atoms with Crippen LogP contribution < -0.4 is 0 Å². The second-order valence-electron chi connectivity index (χ2n) is 4.63. The van der Waals surface area contributed by atoms with Gasteiger partial charge in [-0.3, -0.25) is 0 Å². The van der Waals surface area contributed by atoms with E-state index in [1.165, 1.54) is 18.4 Å². The molecule has 1 saturated carbocycles. The molecule has 0 spiro atoms. The van der Waals surface area contributed by atoms with Crippen LogP contribution in [0.15, 0.2) is 0 Å². The van der Waals surface area contributed by atoms with Crippen LogP contribution in [0.4, 0.5) is 0 Å². The van der Waals surface area contributed by atoms with Gasteiger partial charge >= 0.3 is 0 Å². The Labute approximate surface area is 92.3 Å². The van der Waals surface area contributed by atoms with Gasteiger partial charge in [-0.25, -0.2) is 12.7 Å². The third kappa shape index (κ3) is 3.74. The van der Waals surface area contributed by atoms with E-state index in [2.05, 4.69) is 0 Å². The first-order valence-corrected chi connectivity index (χ1v) is 7.09. The molecule has 0 aliphatic heterocycles. The van der Waals surface area contributed by atoms with Gasteiger partial charge in [-0.15, -0.1) is 0 Å². The molecular weight excluding hydrogens is 214 g/mol. The third-order valence-electron chi connectivity index (χ3n) is 3.17. The summed E-state index contributed by atoms with van der Waals surface area (Å²) in [5.41, 5.74) is -0.735. The predicted molar refractivity (Wildman–Crippen MR) is 60.1 cm³/mol. The van der Waals surface area contributed by atoms with Crippen molar-refractivity contribution in [1.82, 2.24) is 4.31 Å². The van der Waals surface area contributed by atoms with Crippen LogP contribution in [0.5, 0.6) is 0 Å². The molecule has 1 N–H and O–H groups in total. The molecule has 0 radical (unpaired) electrons. The maximum absolute atomic E-state index is 11.5. The second-order valence-corrected chi connectivity index (χ2v) is 6.94. The molecule has 1 fully saturated rings. The maximum Gasteiger partial charge on any atom is 0.213 e. The zero-order chi connectivity index (χ0) is 11.5. The van der Waals surface area contributed by atoms with Gasteiger partial charge < -0.3 is 5.11 Å². The quantitative estimate of drug-likeness (QED) is 0.789. The van der Waals surface area contributed by atoms with E-state index in [4.69, 9.17) is 0 Å². The normalized spacial score (nSPS) is 21.9. The van der Waals surface area contributed by atoms with Crippen molar-refractivity contribution in [3.8, 4) is 0 Å². The SMILES string of the molecule is CN(C)S(=O)(=O)CCC1(O)CCCCC1. The van der Waals surface area contributed by atoms with E-state index in [1.807, 2.05) is 0 Å². The summed E-state index contributed by atoms with van der Waals surface area (Å²) in [6.45, 7) is 0. The Balaban J connectivity index is 2.48. The Bertz CT molecular complexity index is 292. The van der Waals surface area contributed by atoms with E-state index in [1.54, 1.807) is 0 Å². The van der Waals surface area contributed by atoms with E-state index in [0.717, 1.165) is 32.1 Å². The number of nitrogens with zero attached hydrogens (tertiary/aromatic N) is 1. The van der Waals surface area contributed by atoms with E-state index in [9.17, 15) is 13.5 Å². The van der Waals surface area contributed by atoms with Gasteiger partial charge in [-0.05, 0) is 19.3 Å². The smallest absolute Gasteiger partial charge is 0.213 e. The van der Waals surface area contributed by atoms with Crippen molar-refractivity contribution in [2.45, 2.75) is 44.1 Å². The fourth-order valence-corrected chi connectivity index (χ4v) is 2.96. The van der Waals surface area contributed by atoms with E-state index < -0.39 is 15.6 Å². The molecule has 0 bridgehead atoms. The molecule has 0 atom stereocenters.